The van der Waals surface area contributed by atoms with E-state index in [1.54, 1.807) is 16.8 Å². The Hall–Kier alpha value is -1.99. The zero-order valence-corrected chi connectivity index (χ0v) is 14.7. The van der Waals surface area contributed by atoms with Crippen LogP contribution in [-0.2, 0) is 11.3 Å². The second kappa shape index (κ2) is 6.72. The van der Waals surface area contributed by atoms with Gasteiger partial charge in [-0.05, 0) is 37.4 Å². The van der Waals surface area contributed by atoms with Crippen LogP contribution in [0.3, 0.4) is 0 Å². The lowest BCUT2D eigenvalue weighted by Gasteiger charge is -2.33. The Bertz CT molecular complexity index is 798. The molecule has 4 heterocycles. The second-order valence-electron chi connectivity index (χ2n) is 7.34. The van der Waals surface area contributed by atoms with E-state index >= 15 is 0 Å². The molecule has 2 aromatic rings. The van der Waals surface area contributed by atoms with Crippen LogP contribution in [0.1, 0.15) is 38.6 Å². The quantitative estimate of drug-likeness (QED) is 0.846. The third-order valence-corrected chi connectivity index (χ3v) is 4.93. The fourth-order valence-electron chi connectivity index (χ4n) is 3.69. The number of ether oxygens (including phenoxy) is 1. The molecule has 0 aromatic carbocycles. The van der Waals surface area contributed by atoms with Gasteiger partial charge in [0, 0.05) is 25.3 Å². The standard InChI is InChI=1S/C18H24N4O3/c1-12(2)9-22-8-4-6-14(18(22)23)17-19-16(20-25-17)15-10-21-7-3-5-13(21)11-24-15/h4,6,8,12-13,15H,3,5,7,9-11H2,1-2H3/t13-,15+/m0/s1. The molecule has 0 unspecified atom stereocenters. The van der Waals surface area contributed by atoms with Gasteiger partial charge in [0.25, 0.3) is 11.4 Å². The summed E-state index contributed by atoms with van der Waals surface area (Å²) >= 11 is 0. The largest absolute Gasteiger partial charge is 0.367 e. The fraction of sp³-hybridized carbons (Fsp3) is 0.611. The Kier molecular flexibility index (Phi) is 4.43. The highest BCUT2D eigenvalue weighted by Gasteiger charge is 2.35. The van der Waals surface area contributed by atoms with E-state index < -0.39 is 0 Å². The van der Waals surface area contributed by atoms with Gasteiger partial charge in [-0.15, -0.1) is 0 Å². The van der Waals surface area contributed by atoms with E-state index in [9.17, 15) is 4.79 Å². The Labute approximate surface area is 146 Å². The monoisotopic (exact) mass is 344 g/mol. The number of morpholine rings is 1. The van der Waals surface area contributed by atoms with Gasteiger partial charge in [-0.25, -0.2) is 0 Å². The molecule has 25 heavy (non-hydrogen) atoms. The molecule has 2 aliphatic heterocycles. The number of nitrogens with zero attached hydrogens (tertiary/aromatic N) is 4. The van der Waals surface area contributed by atoms with Crippen LogP contribution in [0.4, 0.5) is 0 Å². The fourth-order valence-corrected chi connectivity index (χ4v) is 3.69. The van der Waals surface area contributed by atoms with Crippen molar-refractivity contribution in [3.8, 4) is 11.5 Å². The topological polar surface area (TPSA) is 73.4 Å². The molecule has 2 saturated heterocycles. The van der Waals surface area contributed by atoms with Crippen LogP contribution in [-0.4, -0.2) is 45.3 Å². The number of fused-ring (bicyclic) bond motifs is 1. The first kappa shape index (κ1) is 16.5. The van der Waals surface area contributed by atoms with Gasteiger partial charge < -0.3 is 13.8 Å². The van der Waals surface area contributed by atoms with Crippen molar-refractivity contribution in [1.82, 2.24) is 19.6 Å². The maximum Gasteiger partial charge on any atom is 0.263 e. The predicted octanol–water partition coefficient (Wildman–Crippen LogP) is 2.09. The Morgan fingerprint density at radius 3 is 3.12 bits per heavy atom. The maximum atomic E-state index is 12.6. The molecule has 2 aliphatic rings. The molecule has 0 aliphatic carbocycles. The minimum atomic E-state index is -0.187. The van der Waals surface area contributed by atoms with Crippen molar-refractivity contribution in [3.05, 3.63) is 34.5 Å². The third kappa shape index (κ3) is 3.26. The van der Waals surface area contributed by atoms with Gasteiger partial charge in [0.2, 0.25) is 5.82 Å². The third-order valence-electron chi connectivity index (χ3n) is 4.93. The lowest BCUT2D eigenvalue weighted by molar-refractivity contribution is -0.0548. The van der Waals surface area contributed by atoms with Crippen LogP contribution in [0.5, 0.6) is 0 Å². The van der Waals surface area contributed by atoms with Crippen LogP contribution in [0.2, 0.25) is 0 Å². The van der Waals surface area contributed by atoms with E-state index in [4.69, 9.17) is 9.26 Å². The smallest absolute Gasteiger partial charge is 0.263 e. The number of rotatable bonds is 4. The number of hydrogen-bond donors (Lipinski definition) is 0. The van der Waals surface area contributed by atoms with Crippen molar-refractivity contribution >= 4 is 0 Å². The Morgan fingerprint density at radius 1 is 1.40 bits per heavy atom. The van der Waals surface area contributed by atoms with E-state index in [1.807, 2.05) is 6.07 Å². The van der Waals surface area contributed by atoms with Crippen molar-refractivity contribution in [2.75, 3.05) is 19.7 Å². The van der Waals surface area contributed by atoms with Gasteiger partial charge in [-0.2, -0.15) is 4.98 Å². The highest BCUT2D eigenvalue weighted by Crippen LogP contribution is 2.29. The first-order valence-electron chi connectivity index (χ1n) is 9.01. The molecule has 0 amide bonds. The summed E-state index contributed by atoms with van der Waals surface area (Å²) < 4.78 is 13.0. The van der Waals surface area contributed by atoms with E-state index in [-0.39, 0.29) is 17.6 Å². The molecule has 0 N–H and O–H groups in total. The molecule has 0 spiro atoms. The molecule has 2 atom stereocenters. The summed E-state index contributed by atoms with van der Waals surface area (Å²) in [6.45, 7) is 7.42. The zero-order chi connectivity index (χ0) is 17.4. The van der Waals surface area contributed by atoms with Crippen molar-refractivity contribution < 1.29 is 9.26 Å². The van der Waals surface area contributed by atoms with Crippen LogP contribution >= 0.6 is 0 Å². The Morgan fingerprint density at radius 2 is 2.28 bits per heavy atom. The molecule has 2 fully saturated rings. The lowest BCUT2D eigenvalue weighted by atomic mass is 10.2. The van der Waals surface area contributed by atoms with Gasteiger partial charge in [0.15, 0.2) is 0 Å². The van der Waals surface area contributed by atoms with Crippen molar-refractivity contribution in [2.45, 2.75) is 45.4 Å². The summed E-state index contributed by atoms with van der Waals surface area (Å²) in [5.41, 5.74) is 0.340. The van der Waals surface area contributed by atoms with Crippen molar-refractivity contribution in [3.63, 3.8) is 0 Å². The van der Waals surface area contributed by atoms with Gasteiger partial charge in [0.05, 0.1) is 6.61 Å². The normalized spacial score (nSPS) is 24.0. The molecule has 0 saturated carbocycles. The minimum Gasteiger partial charge on any atom is -0.367 e. The molecule has 4 rings (SSSR count). The molecule has 0 bridgehead atoms. The van der Waals surface area contributed by atoms with E-state index in [2.05, 4.69) is 28.9 Å². The lowest BCUT2D eigenvalue weighted by Crippen LogP contribution is -2.42. The summed E-state index contributed by atoms with van der Waals surface area (Å²) in [6.07, 6.45) is 4.02. The minimum absolute atomic E-state index is 0.101. The molecule has 2 aromatic heterocycles. The molecular formula is C18H24N4O3. The SMILES string of the molecule is CC(C)Cn1cccc(-c2nc([C@H]3CN4CCC[C@H]4CO3)no2)c1=O. The molecule has 0 radical (unpaired) electrons. The predicted molar refractivity (Wildman–Crippen MR) is 92.1 cm³/mol. The molecule has 134 valence electrons. The summed E-state index contributed by atoms with van der Waals surface area (Å²) in [5.74, 6) is 1.18. The van der Waals surface area contributed by atoms with E-state index in [1.165, 1.54) is 12.8 Å². The molecule has 7 heteroatoms. The summed E-state index contributed by atoms with van der Waals surface area (Å²) in [5, 5.41) is 4.08. The highest BCUT2D eigenvalue weighted by molar-refractivity contribution is 5.50. The number of hydrogen-bond acceptors (Lipinski definition) is 6. The molecule has 7 nitrogen and oxygen atoms in total. The first-order chi connectivity index (χ1) is 12.1. The van der Waals surface area contributed by atoms with Crippen molar-refractivity contribution in [2.24, 2.45) is 5.92 Å². The summed E-state index contributed by atoms with van der Waals surface area (Å²) in [4.78, 5) is 19.5. The summed E-state index contributed by atoms with van der Waals surface area (Å²) in [6, 6.07) is 4.10. The highest BCUT2D eigenvalue weighted by atomic mass is 16.5. The van der Waals surface area contributed by atoms with Gasteiger partial charge in [0.1, 0.15) is 11.7 Å². The van der Waals surface area contributed by atoms with Crippen molar-refractivity contribution in [1.29, 1.82) is 0 Å². The zero-order valence-electron chi connectivity index (χ0n) is 14.7. The first-order valence-corrected chi connectivity index (χ1v) is 9.01. The van der Waals surface area contributed by atoms with Crippen LogP contribution in [0, 0.1) is 5.92 Å². The number of aromatic nitrogens is 3. The van der Waals surface area contributed by atoms with Gasteiger partial charge in [-0.1, -0.05) is 19.0 Å². The van der Waals surface area contributed by atoms with Crippen LogP contribution in [0.25, 0.3) is 11.5 Å². The average molecular weight is 344 g/mol. The van der Waals surface area contributed by atoms with E-state index in [0.29, 0.717) is 36.5 Å². The molecular weight excluding hydrogens is 320 g/mol. The maximum absolute atomic E-state index is 12.6. The van der Waals surface area contributed by atoms with Gasteiger partial charge in [-0.3, -0.25) is 9.69 Å². The summed E-state index contributed by atoms with van der Waals surface area (Å²) in [7, 11) is 0. The van der Waals surface area contributed by atoms with E-state index in [0.717, 1.165) is 13.1 Å². The second-order valence-corrected chi connectivity index (χ2v) is 7.34. The van der Waals surface area contributed by atoms with Crippen LogP contribution in [0.15, 0.2) is 27.6 Å². The Balaban J connectivity index is 1.56. The van der Waals surface area contributed by atoms with Gasteiger partial charge >= 0.3 is 0 Å². The number of pyridine rings is 1. The van der Waals surface area contributed by atoms with Crippen LogP contribution < -0.4 is 5.56 Å². The average Bonchev–Trinajstić information content (AvgIpc) is 3.24.